The number of nitrogens with zero attached hydrogens (tertiary/aromatic N) is 1. The van der Waals surface area contributed by atoms with Gasteiger partial charge in [0.25, 0.3) is 5.91 Å². The monoisotopic (exact) mass is 252 g/mol. The molecular formula is C12H16N2O4. The van der Waals surface area contributed by atoms with Crippen molar-refractivity contribution in [1.29, 1.82) is 0 Å². The standard InChI is InChI=1S/C12H16N2O4/c13-7-9-3-4-10(18-9)12(17)14-5-1-2-8(14)6-11(15)16/h3-4,8H,1-2,5-7,13H2,(H,15,16). The fourth-order valence-electron chi connectivity index (χ4n) is 2.26. The summed E-state index contributed by atoms with van der Waals surface area (Å²) in [5.41, 5.74) is 5.41. The van der Waals surface area contributed by atoms with Crippen LogP contribution in [0, 0.1) is 0 Å². The molecule has 1 amide bonds. The van der Waals surface area contributed by atoms with E-state index in [1.165, 1.54) is 0 Å². The Morgan fingerprint density at radius 2 is 2.28 bits per heavy atom. The van der Waals surface area contributed by atoms with Crippen LogP contribution < -0.4 is 5.73 Å². The minimum atomic E-state index is -0.887. The summed E-state index contributed by atoms with van der Waals surface area (Å²) >= 11 is 0. The van der Waals surface area contributed by atoms with E-state index in [0.717, 1.165) is 12.8 Å². The molecule has 0 radical (unpaired) electrons. The molecule has 1 fully saturated rings. The summed E-state index contributed by atoms with van der Waals surface area (Å²) < 4.78 is 5.30. The molecule has 1 aromatic rings. The number of nitrogens with two attached hydrogens (primary N) is 1. The van der Waals surface area contributed by atoms with Crippen molar-refractivity contribution in [2.75, 3.05) is 6.54 Å². The fraction of sp³-hybridized carbons (Fsp3) is 0.500. The third kappa shape index (κ3) is 2.53. The highest BCUT2D eigenvalue weighted by Gasteiger charge is 2.32. The van der Waals surface area contributed by atoms with E-state index in [2.05, 4.69) is 0 Å². The Hall–Kier alpha value is -1.82. The van der Waals surface area contributed by atoms with Gasteiger partial charge in [-0.25, -0.2) is 0 Å². The van der Waals surface area contributed by atoms with Gasteiger partial charge in [0.05, 0.1) is 13.0 Å². The van der Waals surface area contributed by atoms with Crippen LogP contribution in [0.25, 0.3) is 0 Å². The van der Waals surface area contributed by atoms with Crippen LogP contribution in [0.4, 0.5) is 0 Å². The maximum absolute atomic E-state index is 12.2. The highest BCUT2D eigenvalue weighted by Crippen LogP contribution is 2.23. The van der Waals surface area contributed by atoms with Crippen molar-refractivity contribution in [2.24, 2.45) is 5.73 Å². The van der Waals surface area contributed by atoms with Crippen molar-refractivity contribution in [3.63, 3.8) is 0 Å². The van der Waals surface area contributed by atoms with Gasteiger partial charge in [0, 0.05) is 12.6 Å². The van der Waals surface area contributed by atoms with Crippen molar-refractivity contribution >= 4 is 11.9 Å². The first-order chi connectivity index (χ1) is 8.61. The first kappa shape index (κ1) is 12.6. The maximum atomic E-state index is 12.2. The lowest BCUT2D eigenvalue weighted by molar-refractivity contribution is -0.137. The average Bonchev–Trinajstić information content (AvgIpc) is 2.95. The minimum Gasteiger partial charge on any atom is -0.481 e. The normalized spacial score (nSPS) is 19.2. The third-order valence-corrected chi connectivity index (χ3v) is 3.12. The number of carboxylic acids is 1. The molecule has 18 heavy (non-hydrogen) atoms. The van der Waals surface area contributed by atoms with Crippen molar-refractivity contribution in [1.82, 2.24) is 4.90 Å². The molecule has 0 saturated carbocycles. The molecule has 3 N–H and O–H groups in total. The van der Waals surface area contributed by atoms with E-state index in [4.69, 9.17) is 15.3 Å². The van der Waals surface area contributed by atoms with Crippen LogP contribution in [-0.4, -0.2) is 34.5 Å². The van der Waals surface area contributed by atoms with Gasteiger partial charge in [-0.2, -0.15) is 0 Å². The second kappa shape index (κ2) is 5.22. The van der Waals surface area contributed by atoms with E-state index >= 15 is 0 Å². The lowest BCUT2D eigenvalue weighted by atomic mass is 10.1. The molecule has 2 rings (SSSR count). The Kier molecular flexibility index (Phi) is 3.66. The van der Waals surface area contributed by atoms with E-state index in [1.807, 2.05) is 0 Å². The number of carboxylic acid groups (broad SMARTS) is 1. The lowest BCUT2D eigenvalue weighted by Crippen LogP contribution is -2.36. The molecule has 0 spiro atoms. The number of aliphatic carboxylic acids is 1. The van der Waals surface area contributed by atoms with Gasteiger partial charge < -0.3 is 20.2 Å². The van der Waals surface area contributed by atoms with Crippen molar-refractivity contribution < 1.29 is 19.1 Å². The van der Waals surface area contributed by atoms with Gasteiger partial charge >= 0.3 is 5.97 Å². The van der Waals surface area contributed by atoms with Crippen molar-refractivity contribution in [3.05, 3.63) is 23.7 Å². The highest BCUT2D eigenvalue weighted by molar-refractivity contribution is 5.92. The summed E-state index contributed by atoms with van der Waals surface area (Å²) in [7, 11) is 0. The van der Waals surface area contributed by atoms with Crippen LogP contribution in [0.2, 0.25) is 0 Å². The molecule has 0 aromatic carbocycles. The van der Waals surface area contributed by atoms with Crippen LogP contribution >= 0.6 is 0 Å². The number of hydrogen-bond donors (Lipinski definition) is 2. The van der Waals surface area contributed by atoms with E-state index in [-0.39, 0.29) is 30.7 Å². The van der Waals surface area contributed by atoms with E-state index in [1.54, 1.807) is 17.0 Å². The summed E-state index contributed by atoms with van der Waals surface area (Å²) in [6.07, 6.45) is 1.53. The van der Waals surface area contributed by atoms with Crippen molar-refractivity contribution in [2.45, 2.75) is 31.8 Å². The van der Waals surface area contributed by atoms with Crippen LogP contribution in [0.1, 0.15) is 35.6 Å². The van der Waals surface area contributed by atoms with Crippen LogP contribution in [0.15, 0.2) is 16.5 Å². The second-order valence-corrected chi connectivity index (χ2v) is 4.36. The lowest BCUT2D eigenvalue weighted by Gasteiger charge is -2.22. The Balaban J connectivity index is 2.09. The number of furan rings is 1. The topological polar surface area (TPSA) is 96.8 Å². The quantitative estimate of drug-likeness (QED) is 0.826. The van der Waals surface area contributed by atoms with Gasteiger partial charge in [-0.1, -0.05) is 0 Å². The molecule has 1 saturated heterocycles. The van der Waals surface area contributed by atoms with Gasteiger partial charge in [-0.3, -0.25) is 9.59 Å². The second-order valence-electron chi connectivity index (χ2n) is 4.36. The number of carbonyl (C=O) groups excluding carboxylic acids is 1. The molecule has 1 unspecified atom stereocenters. The van der Waals surface area contributed by atoms with Crippen LogP contribution in [0.5, 0.6) is 0 Å². The molecule has 1 aromatic heterocycles. The van der Waals surface area contributed by atoms with Crippen LogP contribution in [0.3, 0.4) is 0 Å². The molecule has 0 aliphatic carbocycles. The van der Waals surface area contributed by atoms with Crippen LogP contribution in [-0.2, 0) is 11.3 Å². The molecule has 2 heterocycles. The Bertz CT molecular complexity index is 455. The first-order valence-corrected chi connectivity index (χ1v) is 5.93. The van der Waals surface area contributed by atoms with E-state index in [9.17, 15) is 9.59 Å². The van der Waals surface area contributed by atoms with Gasteiger partial charge in [0.2, 0.25) is 0 Å². The summed E-state index contributed by atoms with van der Waals surface area (Å²) in [4.78, 5) is 24.5. The van der Waals surface area contributed by atoms with Crippen molar-refractivity contribution in [3.8, 4) is 0 Å². The van der Waals surface area contributed by atoms with E-state index in [0.29, 0.717) is 12.3 Å². The highest BCUT2D eigenvalue weighted by atomic mass is 16.4. The third-order valence-electron chi connectivity index (χ3n) is 3.12. The number of carbonyl (C=O) groups is 2. The van der Waals surface area contributed by atoms with Gasteiger partial charge in [0.15, 0.2) is 5.76 Å². The number of hydrogen-bond acceptors (Lipinski definition) is 4. The van der Waals surface area contributed by atoms with Gasteiger partial charge in [0.1, 0.15) is 5.76 Å². The largest absolute Gasteiger partial charge is 0.481 e. The number of rotatable bonds is 4. The zero-order chi connectivity index (χ0) is 13.1. The molecule has 6 nitrogen and oxygen atoms in total. The summed E-state index contributed by atoms with van der Waals surface area (Å²) in [6.45, 7) is 0.821. The van der Waals surface area contributed by atoms with E-state index < -0.39 is 5.97 Å². The molecule has 6 heteroatoms. The summed E-state index contributed by atoms with van der Waals surface area (Å²) in [6, 6.07) is 3.01. The Morgan fingerprint density at radius 1 is 1.50 bits per heavy atom. The minimum absolute atomic E-state index is 0.0177. The fourth-order valence-corrected chi connectivity index (χ4v) is 2.26. The molecule has 1 atom stereocenters. The average molecular weight is 252 g/mol. The zero-order valence-electron chi connectivity index (χ0n) is 9.96. The zero-order valence-corrected chi connectivity index (χ0v) is 9.96. The predicted molar refractivity (Wildman–Crippen MR) is 62.9 cm³/mol. The maximum Gasteiger partial charge on any atom is 0.305 e. The predicted octanol–water partition coefficient (Wildman–Crippen LogP) is 0.818. The molecule has 98 valence electrons. The smallest absolute Gasteiger partial charge is 0.305 e. The summed E-state index contributed by atoms with van der Waals surface area (Å²) in [5.74, 6) is -0.361. The molecule has 1 aliphatic heterocycles. The Morgan fingerprint density at radius 3 is 2.89 bits per heavy atom. The number of amides is 1. The van der Waals surface area contributed by atoms with Gasteiger partial charge in [-0.15, -0.1) is 0 Å². The molecule has 0 bridgehead atoms. The molecular weight excluding hydrogens is 236 g/mol. The number of likely N-dealkylation sites (tertiary alicyclic amines) is 1. The summed E-state index contributed by atoms with van der Waals surface area (Å²) in [5, 5.41) is 8.81. The first-order valence-electron chi connectivity index (χ1n) is 5.93. The SMILES string of the molecule is NCc1ccc(C(=O)N2CCCC2CC(=O)O)o1. The van der Waals surface area contributed by atoms with Gasteiger partial charge in [-0.05, 0) is 25.0 Å². The molecule has 1 aliphatic rings. The Labute approximate surface area is 104 Å².